The van der Waals surface area contributed by atoms with Gasteiger partial charge in [-0.2, -0.15) is 5.10 Å². The molecule has 0 saturated carbocycles. The van der Waals surface area contributed by atoms with Crippen molar-refractivity contribution >= 4 is 21.6 Å². The van der Waals surface area contributed by atoms with E-state index in [1.165, 1.54) is 17.0 Å². The Bertz CT molecular complexity index is 516. The van der Waals surface area contributed by atoms with Gasteiger partial charge in [0.25, 0.3) is 0 Å². The minimum atomic E-state index is 0.519. The molecule has 16 heavy (non-hydrogen) atoms. The van der Waals surface area contributed by atoms with E-state index < -0.39 is 0 Å². The molecule has 0 bridgehead atoms. The van der Waals surface area contributed by atoms with Gasteiger partial charge in [0, 0.05) is 6.54 Å². The van der Waals surface area contributed by atoms with Gasteiger partial charge in [0.15, 0.2) is 0 Å². The van der Waals surface area contributed by atoms with E-state index in [4.69, 9.17) is 5.73 Å². The molecule has 0 aromatic carbocycles. The van der Waals surface area contributed by atoms with E-state index in [1.807, 2.05) is 6.92 Å². The van der Waals surface area contributed by atoms with Crippen molar-refractivity contribution in [3.63, 3.8) is 0 Å². The highest BCUT2D eigenvalue weighted by Gasteiger charge is 2.20. The molecule has 0 radical (unpaired) electrons. The molecular weight excluding hydrogens is 224 g/mol. The molecule has 2 aromatic rings. The second-order valence-corrected chi connectivity index (χ2v) is 4.83. The lowest BCUT2D eigenvalue weighted by atomic mass is 10.3. The van der Waals surface area contributed by atoms with Crippen LogP contribution < -0.4 is 10.6 Å². The van der Waals surface area contributed by atoms with Crippen molar-refractivity contribution in [2.75, 3.05) is 17.2 Å². The number of aromatic nitrogens is 4. The quantitative estimate of drug-likeness (QED) is 0.787. The second kappa shape index (κ2) is 3.44. The SMILES string of the molecule is Cc1cc2n(n1)CCN(c1nnc(N)s1)C2. The van der Waals surface area contributed by atoms with Crippen LogP contribution in [0.3, 0.4) is 0 Å². The molecule has 0 atom stereocenters. The van der Waals surface area contributed by atoms with Crippen molar-refractivity contribution in [1.82, 2.24) is 20.0 Å². The maximum absolute atomic E-state index is 5.58. The van der Waals surface area contributed by atoms with E-state index in [0.29, 0.717) is 5.13 Å². The molecule has 6 nitrogen and oxygen atoms in total. The summed E-state index contributed by atoms with van der Waals surface area (Å²) in [7, 11) is 0. The second-order valence-electron chi connectivity index (χ2n) is 3.84. The van der Waals surface area contributed by atoms with Gasteiger partial charge in [0.2, 0.25) is 10.3 Å². The number of aryl methyl sites for hydroxylation is 1. The zero-order valence-corrected chi connectivity index (χ0v) is 9.74. The molecule has 3 heterocycles. The zero-order valence-electron chi connectivity index (χ0n) is 8.92. The van der Waals surface area contributed by atoms with Crippen molar-refractivity contribution in [2.45, 2.75) is 20.0 Å². The van der Waals surface area contributed by atoms with Crippen molar-refractivity contribution in [1.29, 1.82) is 0 Å². The van der Waals surface area contributed by atoms with Gasteiger partial charge in [-0.3, -0.25) is 4.68 Å². The summed E-state index contributed by atoms with van der Waals surface area (Å²) in [6, 6.07) is 2.11. The van der Waals surface area contributed by atoms with Gasteiger partial charge in [-0.1, -0.05) is 11.3 Å². The number of rotatable bonds is 1. The Balaban J connectivity index is 1.87. The zero-order chi connectivity index (χ0) is 11.1. The Morgan fingerprint density at radius 3 is 3.00 bits per heavy atom. The van der Waals surface area contributed by atoms with Crippen LogP contribution in [0.25, 0.3) is 0 Å². The van der Waals surface area contributed by atoms with Gasteiger partial charge in [-0.25, -0.2) is 0 Å². The predicted molar refractivity (Wildman–Crippen MR) is 62.3 cm³/mol. The molecule has 1 aliphatic rings. The number of hydrogen-bond acceptors (Lipinski definition) is 6. The maximum Gasteiger partial charge on any atom is 0.210 e. The van der Waals surface area contributed by atoms with Gasteiger partial charge in [0.05, 0.1) is 24.5 Å². The molecule has 0 aliphatic carbocycles. The fourth-order valence-electron chi connectivity index (χ4n) is 1.93. The minimum Gasteiger partial charge on any atom is -0.374 e. The molecule has 3 rings (SSSR count). The van der Waals surface area contributed by atoms with Gasteiger partial charge < -0.3 is 10.6 Å². The van der Waals surface area contributed by atoms with Crippen LogP contribution in [-0.4, -0.2) is 26.5 Å². The van der Waals surface area contributed by atoms with Gasteiger partial charge in [0.1, 0.15) is 0 Å². The lowest BCUT2D eigenvalue weighted by molar-refractivity contribution is 0.516. The highest BCUT2D eigenvalue weighted by Crippen LogP contribution is 2.25. The average Bonchev–Trinajstić information content (AvgIpc) is 2.81. The van der Waals surface area contributed by atoms with Crippen LogP contribution in [0.4, 0.5) is 10.3 Å². The smallest absolute Gasteiger partial charge is 0.210 e. The minimum absolute atomic E-state index is 0.519. The van der Waals surface area contributed by atoms with Crippen LogP contribution in [0.1, 0.15) is 11.4 Å². The molecule has 0 saturated heterocycles. The fourth-order valence-corrected chi connectivity index (χ4v) is 2.56. The number of nitrogens with two attached hydrogens (primary N) is 1. The first-order chi connectivity index (χ1) is 7.72. The number of hydrogen-bond donors (Lipinski definition) is 1. The molecule has 2 aromatic heterocycles. The summed E-state index contributed by atoms with van der Waals surface area (Å²) < 4.78 is 2.05. The molecule has 0 spiro atoms. The maximum atomic E-state index is 5.58. The number of fused-ring (bicyclic) bond motifs is 1. The van der Waals surface area contributed by atoms with Crippen molar-refractivity contribution in [2.24, 2.45) is 0 Å². The number of nitrogens with zero attached hydrogens (tertiary/aromatic N) is 5. The van der Waals surface area contributed by atoms with E-state index in [9.17, 15) is 0 Å². The molecule has 1 aliphatic heterocycles. The summed E-state index contributed by atoms with van der Waals surface area (Å²) in [4.78, 5) is 2.18. The summed E-state index contributed by atoms with van der Waals surface area (Å²) in [5, 5.41) is 13.7. The standard InChI is InChI=1S/C9H12N6S/c1-6-4-7-5-14(2-3-15(7)13-6)9-12-11-8(10)16-9/h4H,2-3,5H2,1H3,(H2,10,11). The fraction of sp³-hybridized carbons (Fsp3) is 0.444. The topological polar surface area (TPSA) is 72.9 Å². The van der Waals surface area contributed by atoms with E-state index in [0.717, 1.165) is 30.5 Å². The summed E-state index contributed by atoms with van der Waals surface area (Å²) in [5.74, 6) is 0. The Labute approximate surface area is 96.7 Å². The van der Waals surface area contributed by atoms with Gasteiger partial charge in [-0.05, 0) is 13.0 Å². The molecule has 2 N–H and O–H groups in total. The lowest BCUT2D eigenvalue weighted by Gasteiger charge is -2.26. The van der Waals surface area contributed by atoms with Crippen molar-refractivity contribution < 1.29 is 0 Å². The third kappa shape index (κ3) is 1.53. The first-order valence-corrected chi connectivity index (χ1v) is 5.91. The Morgan fingerprint density at radius 2 is 2.25 bits per heavy atom. The average molecular weight is 236 g/mol. The third-order valence-corrected chi connectivity index (χ3v) is 3.43. The largest absolute Gasteiger partial charge is 0.374 e. The van der Waals surface area contributed by atoms with Crippen molar-refractivity contribution in [3.05, 3.63) is 17.5 Å². The summed E-state index contributed by atoms with van der Waals surface area (Å²) in [6.07, 6.45) is 0. The first kappa shape index (κ1) is 9.59. The molecule has 7 heteroatoms. The molecule has 0 unspecified atom stereocenters. The van der Waals surface area contributed by atoms with Crippen LogP contribution in [-0.2, 0) is 13.1 Å². The highest BCUT2D eigenvalue weighted by molar-refractivity contribution is 7.18. The normalized spacial score (nSPS) is 15.2. The van der Waals surface area contributed by atoms with Gasteiger partial charge >= 0.3 is 0 Å². The third-order valence-electron chi connectivity index (χ3n) is 2.62. The summed E-state index contributed by atoms with van der Waals surface area (Å²) in [6.45, 7) is 4.64. The van der Waals surface area contributed by atoms with Crippen LogP contribution in [0, 0.1) is 6.92 Å². The van der Waals surface area contributed by atoms with Crippen LogP contribution >= 0.6 is 11.3 Å². The predicted octanol–water partition coefficient (Wildman–Crippen LogP) is 0.645. The number of anilines is 2. The lowest BCUT2D eigenvalue weighted by Crippen LogP contribution is -2.33. The van der Waals surface area contributed by atoms with Gasteiger partial charge in [-0.15, -0.1) is 10.2 Å². The van der Waals surface area contributed by atoms with E-state index >= 15 is 0 Å². The van der Waals surface area contributed by atoms with E-state index in [-0.39, 0.29) is 0 Å². The molecule has 84 valence electrons. The molecule has 0 amide bonds. The number of nitrogen functional groups attached to an aromatic ring is 1. The molecular formula is C9H12N6S. The van der Waals surface area contributed by atoms with Crippen LogP contribution in [0.2, 0.25) is 0 Å². The Morgan fingerprint density at radius 1 is 1.38 bits per heavy atom. The molecule has 0 fully saturated rings. The first-order valence-electron chi connectivity index (χ1n) is 5.09. The van der Waals surface area contributed by atoms with E-state index in [1.54, 1.807) is 0 Å². The monoisotopic (exact) mass is 236 g/mol. The highest BCUT2D eigenvalue weighted by atomic mass is 32.1. The Hall–Kier alpha value is -1.63. The summed E-state index contributed by atoms with van der Waals surface area (Å²) in [5.41, 5.74) is 7.87. The Kier molecular flexibility index (Phi) is 2.06. The summed E-state index contributed by atoms with van der Waals surface area (Å²) >= 11 is 1.43. The van der Waals surface area contributed by atoms with Crippen LogP contribution in [0.15, 0.2) is 6.07 Å². The van der Waals surface area contributed by atoms with Crippen LogP contribution in [0.5, 0.6) is 0 Å². The van der Waals surface area contributed by atoms with Crippen molar-refractivity contribution in [3.8, 4) is 0 Å². The van der Waals surface area contributed by atoms with E-state index in [2.05, 4.69) is 30.9 Å².